The lowest BCUT2D eigenvalue weighted by Gasteiger charge is -2.05. The van der Waals surface area contributed by atoms with Gasteiger partial charge in [-0.05, 0) is 24.3 Å². The Labute approximate surface area is 136 Å². The minimum atomic E-state index is -3.98. The van der Waals surface area contributed by atoms with E-state index in [-0.39, 0.29) is 16.1 Å². The molecule has 0 fully saturated rings. The third-order valence-electron chi connectivity index (χ3n) is 3.32. The van der Waals surface area contributed by atoms with E-state index in [1.165, 1.54) is 4.40 Å². The highest BCUT2D eigenvalue weighted by Gasteiger charge is 2.31. The zero-order chi connectivity index (χ0) is 16.6. The SMILES string of the molecule is O=S(=O)(c1ncn[nH]1)c1c(Oc2ccccc2)nc2ccccn12. The van der Waals surface area contributed by atoms with Crippen LogP contribution in [0.15, 0.2) is 71.2 Å². The predicted molar refractivity (Wildman–Crippen MR) is 83.5 cm³/mol. The normalized spacial score (nSPS) is 11.7. The number of nitrogens with one attached hydrogen (secondary N) is 1. The second-order valence-electron chi connectivity index (χ2n) is 4.86. The van der Waals surface area contributed by atoms with E-state index < -0.39 is 9.84 Å². The maximum Gasteiger partial charge on any atom is 0.262 e. The van der Waals surface area contributed by atoms with E-state index in [0.29, 0.717) is 11.4 Å². The molecule has 4 rings (SSSR count). The number of hydrogen-bond acceptors (Lipinski definition) is 6. The van der Waals surface area contributed by atoms with Crippen molar-refractivity contribution in [3.05, 3.63) is 61.1 Å². The van der Waals surface area contributed by atoms with Crippen molar-refractivity contribution in [2.45, 2.75) is 10.2 Å². The molecule has 0 amide bonds. The van der Waals surface area contributed by atoms with Crippen molar-refractivity contribution < 1.29 is 13.2 Å². The Hall–Kier alpha value is -3.20. The zero-order valence-corrected chi connectivity index (χ0v) is 13.0. The fourth-order valence-corrected chi connectivity index (χ4v) is 3.55. The van der Waals surface area contributed by atoms with Gasteiger partial charge in [0.2, 0.25) is 10.2 Å². The van der Waals surface area contributed by atoms with Gasteiger partial charge in [-0.2, -0.15) is 10.1 Å². The third-order valence-corrected chi connectivity index (χ3v) is 4.90. The Morgan fingerprint density at radius 1 is 1.04 bits per heavy atom. The van der Waals surface area contributed by atoms with Crippen LogP contribution in [0, 0.1) is 0 Å². The Bertz CT molecular complexity index is 1090. The molecule has 0 aliphatic rings. The summed E-state index contributed by atoms with van der Waals surface area (Å²) in [7, 11) is -3.98. The second kappa shape index (κ2) is 5.46. The van der Waals surface area contributed by atoms with Gasteiger partial charge in [-0.3, -0.25) is 4.40 Å². The average Bonchev–Trinajstić information content (AvgIpc) is 3.24. The van der Waals surface area contributed by atoms with E-state index in [1.807, 2.05) is 6.07 Å². The molecule has 0 aliphatic carbocycles. The summed E-state index contributed by atoms with van der Waals surface area (Å²) in [6.45, 7) is 0. The van der Waals surface area contributed by atoms with Crippen LogP contribution in [-0.4, -0.2) is 33.0 Å². The molecule has 0 radical (unpaired) electrons. The smallest absolute Gasteiger partial charge is 0.262 e. The van der Waals surface area contributed by atoms with Gasteiger partial charge >= 0.3 is 0 Å². The van der Waals surface area contributed by atoms with Crippen molar-refractivity contribution in [1.82, 2.24) is 24.6 Å². The number of para-hydroxylation sites is 1. The molecule has 0 saturated carbocycles. The molecule has 1 N–H and O–H groups in total. The molecule has 9 heteroatoms. The van der Waals surface area contributed by atoms with E-state index in [4.69, 9.17) is 4.74 Å². The highest BCUT2D eigenvalue weighted by Crippen LogP contribution is 2.31. The molecule has 0 spiro atoms. The first kappa shape index (κ1) is 14.4. The molecule has 0 atom stereocenters. The van der Waals surface area contributed by atoms with Gasteiger partial charge in [0.25, 0.3) is 15.7 Å². The summed E-state index contributed by atoms with van der Waals surface area (Å²) in [6, 6.07) is 14.0. The number of aromatic nitrogens is 5. The van der Waals surface area contributed by atoms with Gasteiger partial charge in [0.1, 0.15) is 17.7 Å². The molecule has 120 valence electrons. The van der Waals surface area contributed by atoms with Crippen LogP contribution in [0.2, 0.25) is 0 Å². The van der Waals surface area contributed by atoms with E-state index >= 15 is 0 Å². The number of pyridine rings is 1. The molecule has 0 bridgehead atoms. The third kappa shape index (κ3) is 2.31. The highest BCUT2D eigenvalue weighted by atomic mass is 32.2. The number of fused-ring (bicyclic) bond motifs is 1. The Kier molecular flexibility index (Phi) is 3.28. The lowest BCUT2D eigenvalue weighted by molar-refractivity contribution is 0.448. The average molecular weight is 341 g/mol. The number of imidazole rings is 1. The van der Waals surface area contributed by atoms with Crippen LogP contribution in [0.1, 0.15) is 0 Å². The van der Waals surface area contributed by atoms with Gasteiger partial charge in [0.05, 0.1) is 0 Å². The number of benzene rings is 1. The highest BCUT2D eigenvalue weighted by molar-refractivity contribution is 7.91. The lowest BCUT2D eigenvalue weighted by Crippen LogP contribution is -2.08. The first-order valence-electron chi connectivity index (χ1n) is 6.97. The van der Waals surface area contributed by atoms with Gasteiger partial charge in [0.15, 0.2) is 0 Å². The molecule has 3 aromatic heterocycles. The molecule has 0 unspecified atom stereocenters. The number of sulfone groups is 1. The molecular weight excluding hydrogens is 330 g/mol. The molecular formula is C15H11N5O3S. The van der Waals surface area contributed by atoms with Crippen molar-refractivity contribution in [3.63, 3.8) is 0 Å². The summed E-state index contributed by atoms with van der Waals surface area (Å²) in [5.74, 6) is 0.457. The largest absolute Gasteiger partial charge is 0.436 e. The first-order valence-corrected chi connectivity index (χ1v) is 8.45. The van der Waals surface area contributed by atoms with Crippen LogP contribution in [-0.2, 0) is 9.84 Å². The van der Waals surface area contributed by atoms with Crippen molar-refractivity contribution in [2.24, 2.45) is 0 Å². The number of hydrogen-bond donors (Lipinski definition) is 1. The van der Waals surface area contributed by atoms with Crippen LogP contribution in [0.4, 0.5) is 0 Å². The van der Waals surface area contributed by atoms with Gasteiger partial charge < -0.3 is 4.74 Å². The number of nitrogens with zero attached hydrogens (tertiary/aromatic N) is 4. The summed E-state index contributed by atoms with van der Waals surface area (Å²) < 4.78 is 33.0. The van der Waals surface area contributed by atoms with Gasteiger partial charge in [-0.25, -0.2) is 18.5 Å². The maximum absolute atomic E-state index is 12.9. The summed E-state index contributed by atoms with van der Waals surface area (Å²) in [5.41, 5.74) is 0.446. The summed E-state index contributed by atoms with van der Waals surface area (Å²) in [6.07, 6.45) is 2.73. The number of rotatable bonds is 4. The van der Waals surface area contributed by atoms with Gasteiger partial charge in [0, 0.05) is 6.20 Å². The van der Waals surface area contributed by atoms with Crippen molar-refractivity contribution in [3.8, 4) is 11.6 Å². The van der Waals surface area contributed by atoms with Crippen molar-refractivity contribution in [1.29, 1.82) is 0 Å². The van der Waals surface area contributed by atoms with E-state index in [0.717, 1.165) is 6.33 Å². The predicted octanol–water partition coefficient (Wildman–Crippen LogP) is 2.08. The summed E-state index contributed by atoms with van der Waals surface area (Å²) >= 11 is 0. The Morgan fingerprint density at radius 2 is 1.83 bits per heavy atom. The molecule has 3 heterocycles. The Balaban J connectivity index is 1.94. The summed E-state index contributed by atoms with van der Waals surface area (Å²) in [4.78, 5) is 8.03. The van der Waals surface area contributed by atoms with Crippen molar-refractivity contribution in [2.75, 3.05) is 0 Å². The lowest BCUT2D eigenvalue weighted by atomic mass is 10.3. The Morgan fingerprint density at radius 3 is 2.58 bits per heavy atom. The molecule has 8 nitrogen and oxygen atoms in total. The second-order valence-corrected chi connectivity index (χ2v) is 6.64. The summed E-state index contributed by atoms with van der Waals surface area (Å²) in [5, 5.41) is 5.60. The van der Waals surface area contributed by atoms with Crippen LogP contribution in [0.3, 0.4) is 0 Å². The molecule has 0 aliphatic heterocycles. The number of ether oxygens (including phenoxy) is 1. The minimum Gasteiger partial charge on any atom is -0.436 e. The monoisotopic (exact) mass is 341 g/mol. The molecule has 4 aromatic rings. The fraction of sp³-hybridized carbons (Fsp3) is 0. The molecule has 0 saturated heterocycles. The van der Waals surface area contributed by atoms with Crippen LogP contribution >= 0.6 is 0 Å². The quantitative estimate of drug-likeness (QED) is 0.610. The zero-order valence-electron chi connectivity index (χ0n) is 12.2. The van der Waals surface area contributed by atoms with Gasteiger partial charge in [-0.15, -0.1) is 0 Å². The fourth-order valence-electron chi connectivity index (χ4n) is 2.28. The number of aromatic amines is 1. The molecule has 1 aromatic carbocycles. The van der Waals surface area contributed by atoms with E-state index in [2.05, 4.69) is 20.2 Å². The van der Waals surface area contributed by atoms with Gasteiger partial charge in [-0.1, -0.05) is 24.3 Å². The van der Waals surface area contributed by atoms with Crippen LogP contribution < -0.4 is 4.74 Å². The van der Waals surface area contributed by atoms with E-state index in [1.54, 1.807) is 48.7 Å². The minimum absolute atomic E-state index is 0.0243. The topological polar surface area (TPSA) is 102 Å². The van der Waals surface area contributed by atoms with Crippen molar-refractivity contribution >= 4 is 15.5 Å². The molecule has 24 heavy (non-hydrogen) atoms. The number of H-pyrrole nitrogens is 1. The van der Waals surface area contributed by atoms with Crippen LogP contribution in [0.5, 0.6) is 11.6 Å². The standard InChI is InChI=1S/C15H11N5O3S/c21-24(22,15-16-10-17-19-15)14-13(23-11-6-2-1-3-7-11)18-12-8-4-5-9-20(12)14/h1-10H,(H,16,17,19). The first-order chi connectivity index (χ1) is 11.7. The van der Waals surface area contributed by atoms with Crippen LogP contribution in [0.25, 0.3) is 5.65 Å². The van der Waals surface area contributed by atoms with E-state index in [9.17, 15) is 8.42 Å². The maximum atomic E-state index is 12.9.